The molecule has 2 rings (SSSR count). The number of nitrogens with zero attached hydrogens (tertiary/aromatic N) is 2. The molecule has 0 bridgehead atoms. The second kappa shape index (κ2) is 6.38. The number of benzene rings is 1. The molecule has 0 amide bonds. The van der Waals surface area contributed by atoms with E-state index in [1.54, 1.807) is 6.92 Å². The third kappa shape index (κ3) is 3.31. The van der Waals surface area contributed by atoms with E-state index in [1.807, 2.05) is 31.2 Å². The molecular formula is C14H20N4O2S. The van der Waals surface area contributed by atoms with Crippen LogP contribution in [-0.2, 0) is 23.1 Å². The fourth-order valence-corrected chi connectivity index (χ4v) is 3.53. The molecule has 0 spiro atoms. The summed E-state index contributed by atoms with van der Waals surface area (Å²) < 4.78 is 26.6. The molecule has 0 atom stereocenters. The molecule has 1 aromatic carbocycles. The van der Waals surface area contributed by atoms with Crippen LogP contribution < -0.4 is 5.73 Å². The number of H-pyrrole nitrogens is 1. The number of nitrogens with two attached hydrogens (primary N) is 1. The van der Waals surface area contributed by atoms with Crippen molar-refractivity contribution < 1.29 is 8.42 Å². The molecule has 2 aromatic rings. The van der Waals surface area contributed by atoms with E-state index in [0.29, 0.717) is 25.5 Å². The van der Waals surface area contributed by atoms with Gasteiger partial charge in [0.05, 0.1) is 6.20 Å². The predicted octanol–water partition coefficient (Wildman–Crippen LogP) is 1.39. The van der Waals surface area contributed by atoms with Crippen molar-refractivity contribution in [1.29, 1.82) is 0 Å². The van der Waals surface area contributed by atoms with Crippen LogP contribution in [0.5, 0.6) is 0 Å². The zero-order chi connectivity index (χ0) is 15.5. The molecule has 7 heteroatoms. The van der Waals surface area contributed by atoms with Crippen molar-refractivity contribution in [3.05, 3.63) is 47.4 Å². The lowest BCUT2D eigenvalue weighted by atomic mass is 10.1. The molecule has 21 heavy (non-hydrogen) atoms. The maximum Gasteiger partial charge on any atom is 0.260 e. The van der Waals surface area contributed by atoms with Crippen molar-refractivity contribution in [2.24, 2.45) is 5.73 Å². The predicted molar refractivity (Wildman–Crippen MR) is 80.9 cm³/mol. The molecule has 0 saturated heterocycles. The Morgan fingerprint density at radius 3 is 2.48 bits per heavy atom. The Labute approximate surface area is 125 Å². The molecule has 1 heterocycles. The molecule has 0 fully saturated rings. The van der Waals surface area contributed by atoms with Crippen LogP contribution in [0, 0.1) is 6.92 Å². The van der Waals surface area contributed by atoms with Crippen molar-refractivity contribution in [2.45, 2.75) is 32.0 Å². The summed E-state index contributed by atoms with van der Waals surface area (Å²) >= 11 is 0. The number of rotatable bonds is 6. The van der Waals surface area contributed by atoms with Crippen LogP contribution >= 0.6 is 0 Å². The Morgan fingerprint density at radius 2 is 1.95 bits per heavy atom. The first-order valence-corrected chi connectivity index (χ1v) is 8.21. The van der Waals surface area contributed by atoms with Crippen LogP contribution in [0.3, 0.4) is 0 Å². The van der Waals surface area contributed by atoms with Gasteiger partial charge in [-0.3, -0.25) is 0 Å². The molecule has 0 aliphatic heterocycles. The van der Waals surface area contributed by atoms with Crippen molar-refractivity contribution in [2.75, 3.05) is 6.54 Å². The fourth-order valence-electron chi connectivity index (χ4n) is 2.14. The molecule has 114 valence electrons. The van der Waals surface area contributed by atoms with Gasteiger partial charge in [0.2, 0.25) is 0 Å². The van der Waals surface area contributed by atoms with E-state index >= 15 is 0 Å². The van der Waals surface area contributed by atoms with E-state index in [2.05, 4.69) is 9.97 Å². The minimum atomic E-state index is -3.58. The van der Waals surface area contributed by atoms with E-state index < -0.39 is 10.0 Å². The highest BCUT2D eigenvalue weighted by atomic mass is 32.2. The van der Waals surface area contributed by atoms with Gasteiger partial charge in [0, 0.05) is 19.6 Å². The standard InChI is InChI=1S/C14H20N4O2S/c1-3-18(10-13-7-5-4-6-12(13)8-15)21(19,20)14-9-16-11(2)17-14/h4-7,9H,3,8,10,15H2,1-2H3,(H,16,17). The molecule has 1 aromatic heterocycles. The lowest BCUT2D eigenvalue weighted by Crippen LogP contribution is -2.31. The summed E-state index contributed by atoms with van der Waals surface area (Å²) in [6, 6.07) is 7.60. The largest absolute Gasteiger partial charge is 0.332 e. The summed E-state index contributed by atoms with van der Waals surface area (Å²) in [6.07, 6.45) is 1.35. The minimum absolute atomic E-state index is 0.118. The van der Waals surface area contributed by atoms with Crippen LogP contribution in [0.15, 0.2) is 35.5 Å². The van der Waals surface area contributed by atoms with E-state index in [-0.39, 0.29) is 5.03 Å². The second-order valence-electron chi connectivity index (χ2n) is 4.74. The van der Waals surface area contributed by atoms with Crippen molar-refractivity contribution in [3.63, 3.8) is 0 Å². The van der Waals surface area contributed by atoms with E-state index in [0.717, 1.165) is 11.1 Å². The molecule has 0 aliphatic rings. The number of hydrogen-bond acceptors (Lipinski definition) is 4. The van der Waals surface area contributed by atoms with Crippen molar-refractivity contribution in [3.8, 4) is 0 Å². The van der Waals surface area contributed by atoms with Gasteiger partial charge in [-0.15, -0.1) is 0 Å². The quantitative estimate of drug-likeness (QED) is 0.843. The lowest BCUT2D eigenvalue weighted by Gasteiger charge is -2.20. The minimum Gasteiger partial charge on any atom is -0.332 e. The number of sulfonamides is 1. The van der Waals surface area contributed by atoms with Gasteiger partial charge in [0.25, 0.3) is 10.0 Å². The number of aryl methyl sites for hydroxylation is 1. The zero-order valence-corrected chi connectivity index (χ0v) is 13.0. The summed E-state index contributed by atoms with van der Waals surface area (Å²) in [7, 11) is -3.58. The smallest absolute Gasteiger partial charge is 0.260 e. The monoisotopic (exact) mass is 308 g/mol. The number of imidazole rings is 1. The fraction of sp³-hybridized carbons (Fsp3) is 0.357. The van der Waals surface area contributed by atoms with Crippen LogP contribution in [-0.4, -0.2) is 29.2 Å². The third-order valence-electron chi connectivity index (χ3n) is 3.34. The average Bonchev–Trinajstić information content (AvgIpc) is 2.92. The van der Waals surface area contributed by atoms with Crippen LogP contribution in [0.2, 0.25) is 0 Å². The average molecular weight is 308 g/mol. The van der Waals surface area contributed by atoms with Crippen molar-refractivity contribution in [1.82, 2.24) is 14.3 Å². The lowest BCUT2D eigenvalue weighted by molar-refractivity contribution is 0.420. The molecule has 0 aliphatic carbocycles. The number of hydrogen-bond donors (Lipinski definition) is 2. The van der Waals surface area contributed by atoms with Crippen LogP contribution in [0.25, 0.3) is 0 Å². The summed E-state index contributed by atoms with van der Waals surface area (Å²) in [4.78, 5) is 6.74. The number of aromatic nitrogens is 2. The summed E-state index contributed by atoms with van der Waals surface area (Å²) in [5.74, 6) is 0.576. The highest BCUT2D eigenvalue weighted by molar-refractivity contribution is 7.89. The Bertz CT molecular complexity index is 709. The number of nitrogens with one attached hydrogen (secondary N) is 1. The first-order chi connectivity index (χ1) is 9.98. The van der Waals surface area contributed by atoms with Gasteiger partial charge < -0.3 is 10.7 Å². The molecular weight excluding hydrogens is 288 g/mol. The van der Waals surface area contributed by atoms with E-state index in [1.165, 1.54) is 10.5 Å². The van der Waals surface area contributed by atoms with Gasteiger partial charge in [-0.1, -0.05) is 31.2 Å². The summed E-state index contributed by atoms with van der Waals surface area (Å²) in [6.45, 7) is 4.59. The second-order valence-corrected chi connectivity index (χ2v) is 6.64. The Kier molecular flexibility index (Phi) is 4.76. The number of aromatic amines is 1. The van der Waals surface area contributed by atoms with Gasteiger partial charge in [-0.25, -0.2) is 13.4 Å². The first-order valence-electron chi connectivity index (χ1n) is 6.77. The SMILES string of the molecule is CCN(Cc1ccccc1CN)S(=O)(=O)c1cnc(C)[nH]1. The van der Waals surface area contributed by atoms with E-state index in [9.17, 15) is 8.42 Å². The van der Waals surface area contributed by atoms with Crippen LogP contribution in [0.4, 0.5) is 0 Å². The Morgan fingerprint density at radius 1 is 1.29 bits per heavy atom. The highest BCUT2D eigenvalue weighted by Crippen LogP contribution is 2.18. The maximum atomic E-state index is 12.6. The van der Waals surface area contributed by atoms with Gasteiger partial charge in [0.1, 0.15) is 5.82 Å². The highest BCUT2D eigenvalue weighted by Gasteiger charge is 2.25. The van der Waals surface area contributed by atoms with E-state index in [4.69, 9.17) is 5.73 Å². The van der Waals surface area contributed by atoms with Crippen LogP contribution in [0.1, 0.15) is 23.9 Å². The van der Waals surface area contributed by atoms with Gasteiger partial charge >= 0.3 is 0 Å². The van der Waals surface area contributed by atoms with Gasteiger partial charge in [-0.2, -0.15) is 4.31 Å². The maximum absolute atomic E-state index is 12.6. The van der Waals surface area contributed by atoms with Gasteiger partial charge in [-0.05, 0) is 18.1 Å². The topological polar surface area (TPSA) is 92.1 Å². The Balaban J connectivity index is 2.32. The zero-order valence-electron chi connectivity index (χ0n) is 12.2. The summed E-state index contributed by atoms with van der Waals surface area (Å²) in [5.41, 5.74) is 7.58. The molecule has 3 N–H and O–H groups in total. The Hall–Kier alpha value is -1.70. The molecule has 0 radical (unpaired) electrons. The first kappa shape index (κ1) is 15.7. The third-order valence-corrected chi connectivity index (χ3v) is 5.17. The van der Waals surface area contributed by atoms with Crippen molar-refractivity contribution >= 4 is 10.0 Å². The molecule has 0 saturated carbocycles. The summed E-state index contributed by atoms with van der Waals surface area (Å²) in [5, 5.41) is 0.118. The molecule has 6 nitrogen and oxygen atoms in total. The molecule has 0 unspecified atom stereocenters. The normalized spacial score (nSPS) is 12.0. The van der Waals surface area contributed by atoms with Gasteiger partial charge in [0.15, 0.2) is 5.03 Å².